The Balaban J connectivity index is 1.19. The minimum absolute atomic E-state index is 0.00791. The van der Waals surface area contributed by atoms with Gasteiger partial charge in [-0.05, 0) is 131 Å². The van der Waals surface area contributed by atoms with Crippen LogP contribution in [0.1, 0.15) is 133 Å². The van der Waals surface area contributed by atoms with Crippen LogP contribution in [0.3, 0.4) is 0 Å². The second-order valence-corrected chi connectivity index (χ2v) is 36.0. The van der Waals surface area contributed by atoms with Crippen LogP contribution in [0.25, 0.3) is 10.9 Å². The maximum atomic E-state index is 15.3. The van der Waals surface area contributed by atoms with Gasteiger partial charge in [-0.3, -0.25) is 103 Å². The van der Waals surface area contributed by atoms with E-state index in [0.717, 1.165) is 9.80 Å². The van der Waals surface area contributed by atoms with Gasteiger partial charge in [0.05, 0.1) is 25.4 Å². The molecule has 0 radical (unpaired) electrons. The van der Waals surface area contributed by atoms with Crippen molar-refractivity contribution in [3.63, 3.8) is 0 Å². The highest BCUT2D eigenvalue weighted by Gasteiger charge is 2.44. The first-order valence-electron chi connectivity index (χ1n) is 45.9. The largest absolute Gasteiger partial charge is 0.481 e. The fourth-order valence-corrected chi connectivity index (χ4v) is 16.6. The molecule has 6 rings (SSSR count). The number of benzene rings is 3. The van der Waals surface area contributed by atoms with Crippen molar-refractivity contribution in [1.29, 1.82) is 16.2 Å². The fraction of sp³-hybridized carbons (Fsp3) is 0.528. The van der Waals surface area contributed by atoms with E-state index in [1.54, 1.807) is 111 Å². The number of amides is 17. The number of carbonyl (C=O) groups is 19. The number of thioether (sulfide) groups is 1. The normalized spacial score (nSPS) is 16.0. The van der Waals surface area contributed by atoms with E-state index in [1.807, 2.05) is 0 Å². The number of nitrogens with two attached hydrogens (primary N) is 6. The molecular formula is C89H132N28O21S3. The summed E-state index contributed by atoms with van der Waals surface area (Å²) in [5.41, 5.74) is 36.0. The summed E-state index contributed by atoms with van der Waals surface area (Å²) in [5, 5.41) is 84.0. The Bertz CT molecular complexity index is 5050. The average Bonchev–Trinajstić information content (AvgIpc) is 1.69. The minimum atomic E-state index is -1.81. The molecule has 0 aliphatic carbocycles. The van der Waals surface area contributed by atoms with Crippen LogP contribution in [0.4, 0.5) is 0 Å². The summed E-state index contributed by atoms with van der Waals surface area (Å²) in [7, 11) is 0. The van der Waals surface area contributed by atoms with Crippen LogP contribution >= 0.6 is 37.0 Å². The Hall–Kier alpha value is -14.0. The number of carboxylic acids is 2. The molecule has 3 heterocycles. The predicted molar refractivity (Wildman–Crippen MR) is 526 cm³/mol. The van der Waals surface area contributed by atoms with Crippen LogP contribution < -0.4 is 119 Å². The number of nitrogens with one attached hydrogen (secondary N) is 20. The molecule has 0 saturated carbocycles. The van der Waals surface area contributed by atoms with Crippen molar-refractivity contribution >= 4 is 178 Å². The van der Waals surface area contributed by atoms with Gasteiger partial charge in [0.1, 0.15) is 84.6 Å². The number of carbonyl (C=O) groups excluding carboxylic acids is 17. The molecule has 2 saturated heterocycles. The van der Waals surface area contributed by atoms with Gasteiger partial charge in [0.2, 0.25) is 100 Å². The van der Waals surface area contributed by atoms with Gasteiger partial charge >= 0.3 is 11.9 Å². The predicted octanol–water partition coefficient (Wildman–Crippen LogP) is -6.41. The molecular weight excluding hydrogens is 1890 g/mol. The number of rotatable bonds is 61. The van der Waals surface area contributed by atoms with Gasteiger partial charge in [0.15, 0.2) is 17.9 Å². The van der Waals surface area contributed by atoms with E-state index in [1.165, 1.54) is 11.8 Å². The Morgan fingerprint density at radius 1 is 0.440 bits per heavy atom. The lowest BCUT2D eigenvalue weighted by Crippen LogP contribution is -2.61. The lowest BCUT2D eigenvalue weighted by molar-refractivity contribution is -0.145. The number of carboxylic acid groups (broad SMARTS) is 2. The van der Waals surface area contributed by atoms with Crippen molar-refractivity contribution in [1.82, 2.24) is 99.9 Å². The number of H-pyrrole nitrogens is 1. The minimum Gasteiger partial charge on any atom is -0.481 e. The number of hydrogen-bond donors (Lipinski definition) is 30. The van der Waals surface area contributed by atoms with Crippen LogP contribution in [0, 0.1) is 22.1 Å². The van der Waals surface area contributed by atoms with Crippen LogP contribution in [0.2, 0.25) is 0 Å². The molecule has 34 N–H and O–H groups in total. The third kappa shape index (κ3) is 39.6. The van der Waals surface area contributed by atoms with Crippen LogP contribution in [0.5, 0.6) is 0 Å². The van der Waals surface area contributed by atoms with Crippen LogP contribution in [-0.2, 0) is 110 Å². The van der Waals surface area contributed by atoms with Crippen molar-refractivity contribution in [3.8, 4) is 0 Å². The number of aliphatic carboxylic acids is 2. The molecule has 0 spiro atoms. The average molecular weight is 2030 g/mol. The third-order valence-electron chi connectivity index (χ3n) is 22.8. The molecule has 3 aromatic carbocycles. The molecule has 0 bridgehead atoms. The number of nitrogens with zero attached hydrogens (tertiary/aromatic N) is 2. The lowest BCUT2D eigenvalue weighted by atomic mass is 10.0. The van der Waals surface area contributed by atoms with E-state index in [4.69, 9.17) is 50.6 Å². The molecule has 49 nitrogen and oxygen atoms in total. The van der Waals surface area contributed by atoms with Crippen molar-refractivity contribution in [2.45, 2.75) is 226 Å². The molecule has 1 aromatic heterocycles. The van der Waals surface area contributed by atoms with E-state index in [0.29, 0.717) is 27.6 Å². The second kappa shape index (κ2) is 59.4. The monoisotopic (exact) mass is 2020 g/mol. The fourth-order valence-electron chi connectivity index (χ4n) is 15.6. The Labute approximate surface area is 828 Å². The van der Waals surface area contributed by atoms with Crippen LogP contribution in [-0.4, -0.2) is 309 Å². The first kappa shape index (κ1) is 116. The van der Waals surface area contributed by atoms with Crippen molar-refractivity contribution in [2.24, 2.45) is 40.3 Å². The number of para-hydroxylation sites is 1. The summed E-state index contributed by atoms with van der Waals surface area (Å²) in [4.78, 5) is 271. The summed E-state index contributed by atoms with van der Waals surface area (Å²) >= 11 is 9.79. The number of thiol groups is 2. The Morgan fingerprint density at radius 3 is 1.33 bits per heavy atom. The number of likely N-dealkylation sites (tertiary alicyclic amines) is 2. The zero-order valence-corrected chi connectivity index (χ0v) is 81.1. The zero-order chi connectivity index (χ0) is 104. The number of aromatic nitrogens is 1. The second-order valence-electron chi connectivity index (χ2n) is 34.3. The first-order chi connectivity index (χ1) is 67.0. The highest BCUT2D eigenvalue weighted by atomic mass is 32.2. The number of hydrogen-bond acceptors (Lipinski definition) is 26. The maximum absolute atomic E-state index is 15.3. The smallest absolute Gasteiger partial charge is 0.326 e. The summed E-state index contributed by atoms with van der Waals surface area (Å²) < 4.78 is 0. The number of primary amides is 2. The van der Waals surface area contributed by atoms with Gasteiger partial charge in [-0.25, -0.2) is 4.79 Å². The molecule has 2 aliphatic heterocycles. The number of aromatic amines is 1. The van der Waals surface area contributed by atoms with Gasteiger partial charge in [0, 0.05) is 80.6 Å². The Morgan fingerprint density at radius 2 is 0.837 bits per heavy atom. The van der Waals surface area contributed by atoms with Gasteiger partial charge in [0.25, 0.3) is 0 Å². The SMILES string of the molecule is CSCC[C@H](NC(=O)[C@H](Cc1c[nH]c2ccccc12)NC(=O)[C@@H]1CCCN1C(=O)[C@H](CCC(=O)O)NC(=O)[C@H](CS)NC(=O)[C@H](CC(N)=O)NC(=O)[C@H](CCCNC(=N)N)NC(=O)[C@@H](N)Cc1ccccc1)C(=O)N[C@@H](CC(C)C)C(=O)N[C@@H](CCCNC(=N)N)C(=O)N[C@@H](Cc1ccccc1)C(=O)NCC(=O)N[C@@H](CS)C(=O)N[C@@H](CC(N)=O)C(=O)N1CCC[C@H]1C(=O)N[C@@H](CCCNC(=N)N)C(=O)O. The summed E-state index contributed by atoms with van der Waals surface area (Å²) in [5.74, 6) is -21.6. The van der Waals surface area contributed by atoms with Crippen LogP contribution in [0.15, 0.2) is 91.1 Å². The standard InChI is InChI=1S/C89H132N28O21S3/c1-47(2)37-59(77(128)106-55(24-13-32-100-88(95)96)75(126)111-60(39-49-19-8-5-9-20-49)73(124)103-44-70(120)104-64(45-139)80(131)114-63(42-69(92)119)85(136)117-35-16-26-66(117)82(133)109-58(86(137)138)25-14-33-101-89(97)98)110-76(127)56(30-36-141-3)107-78(129)61(40-50-43-102-53-22-11-10-21-51(50)53)113-83(134)67-27-15-34-116(67)84(135)57(28-29-71(121)122)108-81(132)65(46-140)115-79(130)62(41-68(91)118)112-74(125)54(23-12-31-99-87(93)94)105-72(123)52(90)38-48-17-6-4-7-18-48/h4-11,17-22,43,47,52,54-67,102,139-140H,12-16,23-42,44-46,90H2,1-3H3,(H2,91,118)(H2,92,119)(H,103,124)(H,104,120)(H,105,123)(H,106,128)(H,107,129)(H,108,132)(H,109,133)(H,110,127)(H,111,126)(H,112,125)(H,113,134)(H,114,131)(H,115,130)(H,121,122)(H,137,138)(H4,93,94,99)(H4,95,96,100)(H4,97,98,101)/t52-,54-,55-,56-,57-,58-,59-,60-,61-,62-,63-,64-,65-,66-,67-/m0/s1. The van der Waals surface area contributed by atoms with E-state index >= 15 is 14.4 Å². The zero-order valence-electron chi connectivity index (χ0n) is 78.5. The van der Waals surface area contributed by atoms with Crippen molar-refractivity contribution in [3.05, 3.63) is 108 Å². The molecule has 15 atom stereocenters. The van der Waals surface area contributed by atoms with Gasteiger partial charge in [-0.1, -0.05) is 92.7 Å². The molecule has 4 aromatic rings. The van der Waals surface area contributed by atoms with E-state index in [2.05, 4.69) is 115 Å². The Kier molecular flexibility index (Phi) is 48.7. The van der Waals surface area contributed by atoms with Gasteiger partial charge in [-0.15, -0.1) is 0 Å². The van der Waals surface area contributed by atoms with E-state index in [9.17, 15) is 86.9 Å². The molecule has 141 heavy (non-hydrogen) atoms. The maximum Gasteiger partial charge on any atom is 0.326 e. The summed E-state index contributed by atoms with van der Waals surface area (Å²) in [6, 6.07) is 1.32. The first-order valence-corrected chi connectivity index (χ1v) is 48.5. The van der Waals surface area contributed by atoms with Gasteiger partial charge < -0.3 is 144 Å². The lowest BCUT2D eigenvalue weighted by Gasteiger charge is -2.31. The highest BCUT2D eigenvalue weighted by molar-refractivity contribution is 7.98. The quantitative estimate of drug-likeness (QED) is 0.00846. The van der Waals surface area contributed by atoms with Gasteiger partial charge in [-0.2, -0.15) is 37.0 Å². The molecule has 52 heteroatoms. The number of fused-ring (bicyclic) bond motifs is 1. The number of guanidine groups is 3. The summed E-state index contributed by atoms with van der Waals surface area (Å²) in [6.45, 7) is 2.61. The molecule has 0 unspecified atom stereocenters. The van der Waals surface area contributed by atoms with E-state index < -0.39 is 253 Å². The van der Waals surface area contributed by atoms with Crippen molar-refractivity contribution < 1.29 is 101 Å². The topological polar surface area (TPSA) is 807 Å². The molecule has 2 aliphatic rings. The van der Waals surface area contributed by atoms with Crippen molar-refractivity contribution in [2.75, 3.05) is 62.8 Å². The highest BCUT2D eigenvalue weighted by Crippen LogP contribution is 2.25. The van der Waals surface area contributed by atoms with E-state index in [-0.39, 0.29) is 153 Å². The molecule has 772 valence electrons. The molecule has 17 amide bonds. The molecule has 2 fully saturated rings. The summed E-state index contributed by atoms with van der Waals surface area (Å²) in [6.07, 6.45) is 0.220. The third-order valence-corrected chi connectivity index (χ3v) is 24.1.